The number of carboxylic acids is 1. The number of ether oxygens (including phenoxy) is 3. The van der Waals surface area contributed by atoms with Gasteiger partial charge in [-0.25, -0.2) is 0 Å². The first-order valence-corrected chi connectivity index (χ1v) is 6.80. The maximum Gasteiger partial charge on any atom is 0.306 e. The van der Waals surface area contributed by atoms with Gasteiger partial charge in [0.1, 0.15) is 5.75 Å². The summed E-state index contributed by atoms with van der Waals surface area (Å²) in [6, 6.07) is 1.65. The van der Waals surface area contributed by atoms with E-state index in [1.807, 2.05) is 0 Å². The van der Waals surface area contributed by atoms with E-state index in [0.717, 1.165) is 6.42 Å². The standard InChI is InChI=1S/C14H17ClO5/c1-8(14(16)17)6-9-12(18-2)10(15)7-11-13(9)20-5-3-4-19-11/h7-8H,3-6H2,1-2H3,(H,16,17). The van der Waals surface area contributed by atoms with Crippen LogP contribution in [0.25, 0.3) is 0 Å². The van der Waals surface area contributed by atoms with E-state index in [0.29, 0.717) is 41.0 Å². The van der Waals surface area contributed by atoms with Crippen LogP contribution in [0.5, 0.6) is 17.2 Å². The number of fused-ring (bicyclic) bond motifs is 1. The summed E-state index contributed by atoms with van der Waals surface area (Å²) >= 11 is 6.17. The molecular formula is C14H17ClO5. The molecule has 6 heteroatoms. The molecule has 2 rings (SSSR count). The SMILES string of the molecule is COc1c(Cl)cc2c(c1CC(C)C(=O)O)OCCCO2. The minimum absolute atomic E-state index is 0.269. The van der Waals surface area contributed by atoms with Gasteiger partial charge in [-0.05, 0) is 6.42 Å². The highest BCUT2D eigenvalue weighted by atomic mass is 35.5. The van der Waals surface area contributed by atoms with Gasteiger partial charge >= 0.3 is 5.97 Å². The summed E-state index contributed by atoms with van der Waals surface area (Å²) in [6.45, 7) is 2.70. The fourth-order valence-corrected chi connectivity index (χ4v) is 2.41. The average molecular weight is 301 g/mol. The molecule has 1 aliphatic heterocycles. The summed E-state index contributed by atoms with van der Waals surface area (Å²) in [5, 5.41) is 9.48. The van der Waals surface area contributed by atoms with Gasteiger partial charge in [0.15, 0.2) is 11.5 Å². The van der Waals surface area contributed by atoms with E-state index in [2.05, 4.69) is 0 Å². The van der Waals surface area contributed by atoms with Crippen molar-refractivity contribution in [2.75, 3.05) is 20.3 Å². The number of halogens is 1. The molecule has 0 saturated heterocycles. The van der Waals surface area contributed by atoms with Crippen molar-refractivity contribution in [3.8, 4) is 17.2 Å². The number of rotatable bonds is 4. The average Bonchev–Trinajstić information content (AvgIpc) is 2.63. The van der Waals surface area contributed by atoms with Crippen LogP contribution >= 0.6 is 11.6 Å². The lowest BCUT2D eigenvalue weighted by atomic mass is 9.99. The molecule has 0 aliphatic carbocycles. The first-order valence-electron chi connectivity index (χ1n) is 6.42. The van der Waals surface area contributed by atoms with Gasteiger partial charge in [0.25, 0.3) is 0 Å². The van der Waals surface area contributed by atoms with Crippen molar-refractivity contribution >= 4 is 17.6 Å². The highest BCUT2D eigenvalue weighted by molar-refractivity contribution is 6.32. The van der Waals surface area contributed by atoms with Crippen LogP contribution < -0.4 is 14.2 Å². The zero-order valence-corrected chi connectivity index (χ0v) is 12.2. The van der Waals surface area contributed by atoms with Crippen LogP contribution in [0, 0.1) is 5.92 Å². The third kappa shape index (κ3) is 2.93. The Labute approximate surface area is 122 Å². The summed E-state index contributed by atoms with van der Waals surface area (Å²) in [5.74, 6) is 0.0791. The number of hydrogen-bond acceptors (Lipinski definition) is 4. The summed E-state index contributed by atoms with van der Waals surface area (Å²) < 4.78 is 16.6. The van der Waals surface area contributed by atoms with Gasteiger partial charge < -0.3 is 19.3 Å². The largest absolute Gasteiger partial charge is 0.495 e. The monoisotopic (exact) mass is 300 g/mol. The van der Waals surface area contributed by atoms with E-state index in [1.54, 1.807) is 13.0 Å². The molecule has 0 fully saturated rings. The molecular weight excluding hydrogens is 284 g/mol. The molecule has 1 aromatic carbocycles. The fourth-order valence-electron chi connectivity index (χ4n) is 2.12. The molecule has 0 amide bonds. The van der Waals surface area contributed by atoms with E-state index in [4.69, 9.17) is 30.9 Å². The third-order valence-electron chi connectivity index (χ3n) is 3.18. The topological polar surface area (TPSA) is 65.0 Å². The van der Waals surface area contributed by atoms with Gasteiger partial charge in [0.05, 0.1) is 31.3 Å². The Hall–Kier alpha value is -1.62. The van der Waals surface area contributed by atoms with Crippen LogP contribution in [0.1, 0.15) is 18.9 Å². The first kappa shape index (κ1) is 14.8. The lowest BCUT2D eigenvalue weighted by Crippen LogP contribution is -2.14. The van der Waals surface area contributed by atoms with Gasteiger partial charge in [0.2, 0.25) is 0 Å². The van der Waals surface area contributed by atoms with Gasteiger partial charge in [-0.3, -0.25) is 4.79 Å². The lowest BCUT2D eigenvalue weighted by Gasteiger charge is -2.18. The minimum Gasteiger partial charge on any atom is -0.495 e. The highest BCUT2D eigenvalue weighted by Gasteiger charge is 2.25. The number of aliphatic carboxylic acids is 1. The van der Waals surface area contributed by atoms with Crippen molar-refractivity contribution in [1.29, 1.82) is 0 Å². The Balaban J connectivity index is 2.49. The Morgan fingerprint density at radius 2 is 2.20 bits per heavy atom. The second-order valence-electron chi connectivity index (χ2n) is 4.69. The summed E-state index contributed by atoms with van der Waals surface area (Å²) in [7, 11) is 1.50. The zero-order valence-electron chi connectivity index (χ0n) is 11.4. The van der Waals surface area contributed by atoms with Crippen molar-refractivity contribution < 1.29 is 24.1 Å². The van der Waals surface area contributed by atoms with Crippen LogP contribution in [-0.4, -0.2) is 31.4 Å². The van der Waals surface area contributed by atoms with E-state index in [1.165, 1.54) is 7.11 Å². The van der Waals surface area contributed by atoms with Crippen molar-refractivity contribution in [2.24, 2.45) is 5.92 Å². The second kappa shape index (κ2) is 6.22. The Kier molecular flexibility index (Phi) is 4.60. The molecule has 0 bridgehead atoms. The highest BCUT2D eigenvalue weighted by Crippen LogP contribution is 2.44. The van der Waals surface area contributed by atoms with Gasteiger partial charge in [-0.2, -0.15) is 0 Å². The zero-order chi connectivity index (χ0) is 14.7. The van der Waals surface area contributed by atoms with Crippen LogP contribution in [0.3, 0.4) is 0 Å². The van der Waals surface area contributed by atoms with Crippen molar-refractivity contribution in [2.45, 2.75) is 19.8 Å². The molecule has 0 saturated carbocycles. The third-order valence-corrected chi connectivity index (χ3v) is 3.46. The number of carboxylic acid groups (broad SMARTS) is 1. The Morgan fingerprint density at radius 1 is 1.50 bits per heavy atom. The predicted molar refractivity (Wildman–Crippen MR) is 74.1 cm³/mol. The maximum absolute atomic E-state index is 11.1. The molecule has 1 unspecified atom stereocenters. The molecule has 20 heavy (non-hydrogen) atoms. The van der Waals surface area contributed by atoms with Crippen LogP contribution in [0.15, 0.2) is 6.07 Å². The van der Waals surface area contributed by atoms with E-state index in [9.17, 15) is 4.79 Å². The van der Waals surface area contributed by atoms with Crippen molar-refractivity contribution in [3.63, 3.8) is 0 Å². The molecule has 1 N–H and O–H groups in total. The van der Waals surface area contributed by atoms with Crippen molar-refractivity contribution in [3.05, 3.63) is 16.7 Å². The molecule has 110 valence electrons. The van der Waals surface area contributed by atoms with Crippen LogP contribution in [0.4, 0.5) is 0 Å². The molecule has 0 aromatic heterocycles. The molecule has 0 radical (unpaired) electrons. The number of methoxy groups -OCH3 is 1. The van der Waals surface area contributed by atoms with Gasteiger partial charge in [-0.15, -0.1) is 0 Å². The second-order valence-corrected chi connectivity index (χ2v) is 5.10. The minimum atomic E-state index is -0.879. The quantitative estimate of drug-likeness (QED) is 0.926. The predicted octanol–water partition coefficient (Wildman–Crippen LogP) is 2.77. The van der Waals surface area contributed by atoms with E-state index >= 15 is 0 Å². The first-order chi connectivity index (χ1) is 9.54. The van der Waals surface area contributed by atoms with Crippen LogP contribution in [-0.2, 0) is 11.2 Å². The fraction of sp³-hybridized carbons (Fsp3) is 0.500. The molecule has 0 spiro atoms. The van der Waals surface area contributed by atoms with Gasteiger partial charge in [-0.1, -0.05) is 18.5 Å². The molecule has 1 heterocycles. The lowest BCUT2D eigenvalue weighted by molar-refractivity contribution is -0.141. The number of hydrogen-bond donors (Lipinski definition) is 1. The Morgan fingerprint density at radius 3 is 2.85 bits per heavy atom. The molecule has 1 aromatic rings. The maximum atomic E-state index is 11.1. The molecule has 1 atom stereocenters. The van der Waals surface area contributed by atoms with Gasteiger partial charge in [0, 0.05) is 18.1 Å². The Bertz CT molecular complexity index is 515. The van der Waals surface area contributed by atoms with E-state index < -0.39 is 11.9 Å². The smallest absolute Gasteiger partial charge is 0.306 e. The van der Waals surface area contributed by atoms with E-state index in [-0.39, 0.29) is 6.42 Å². The number of benzene rings is 1. The summed E-state index contributed by atoms with van der Waals surface area (Å²) in [6.07, 6.45) is 1.04. The number of carbonyl (C=O) groups is 1. The molecule has 5 nitrogen and oxygen atoms in total. The summed E-state index contributed by atoms with van der Waals surface area (Å²) in [4.78, 5) is 11.1. The van der Waals surface area contributed by atoms with Crippen LogP contribution in [0.2, 0.25) is 5.02 Å². The molecule has 1 aliphatic rings. The normalized spacial score (nSPS) is 15.3. The summed E-state index contributed by atoms with van der Waals surface area (Å²) in [5.41, 5.74) is 0.645. The van der Waals surface area contributed by atoms with Crippen molar-refractivity contribution in [1.82, 2.24) is 0 Å².